The van der Waals surface area contributed by atoms with Crippen molar-refractivity contribution in [1.82, 2.24) is 11.1 Å². The van der Waals surface area contributed by atoms with Crippen molar-refractivity contribution in [1.29, 1.82) is 0 Å². The molecule has 1 aromatic carbocycles. The fraction of sp³-hybridized carbons (Fsp3) is 0.500. The third kappa shape index (κ3) is 4.47. The summed E-state index contributed by atoms with van der Waals surface area (Å²) in [6, 6.07) is 6.03. The number of aryl methyl sites for hydroxylation is 2. The summed E-state index contributed by atoms with van der Waals surface area (Å²) in [5.74, 6) is 0.0612. The first-order chi connectivity index (χ1) is 8.08. The normalized spacial score (nSPS) is 10.1. The van der Waals surface area contributed by atoms with Gasteiger partial charge in [-0.1, -0.05) is 32.0 Å². The van der Waals surface area contributed by atoms with E-state index in [9.17, 15) is 4.79 Å². The second-order valence-electron chi connectivity index (χ2n) is 4.28. The van der Waals surface area contributed by atoms with Crippen LogP contribution < -0.4 is 11.5 Å². The number of amides is 1. The number of nitrogens with one attached hydrogen (secondary N) is 1. The summed E-state index contributed by atoms with van der Waals surface area (Å²) in [7, 11) is 0. The lowest BCUT2D eigenvalue weighted by atomic mass is 10.1. The van der Waals surface area contributed by atoms with Gasteiger partial charge in [-0.3, -0.25) is 9.69 Å². The van der Waals surface area contributed by atoms with Gasteiger partial charge in [-0.25, -0.2) is 0 Å². The number of para-hydroxylation sites is 1. The number of rotatable bonds is 5. The fourth-order valence-corrected chi connectivity index (χ4v) is 1.84. The number of nitrogens with zero attached hydrogens (tertiary/aromatic N) is 1. The summed E-state index contributed by atoms with van der Waals surface area (Å²) in [5, 5.41) is 3.00. The maximum atomic E-state index is 11.9. The van der Waals surface area contributed by atoms with E-state index in [1.165, 1.54) is 0 Å². The van der Waals surface area contributed by atoms with E-state index in [4.69, 9.17) is 0 Å². The number of carbonyl (C=O) groups excluding carboxylic acids is 1. The van der Waals surface area contributed by atoms with E-state index < -0.39 is 0 Å². The van der Waals surface area contributed by atoms with E-state index in [0.29, 0.717) is 6.54 Å². The number of anilines is 1. The van der Waals surface area contributed by atoms with E-state index in [1.54, 1.807) is 0 Å². The monoisotopic (exact) mass is 251 g/mol. The highest BCUT2D eigenvalue weighted by molar-refractivity contribution is 5.93. The molecule has 4 nitrogen and oxygen atoms in total. The quantitative estimate of drug-likeness (QED) is 0.845. The van der Waals surface area contributed by atoms with Crippen LogP contribution in [-0.2, 0) is 4.79 Å². The molecule has 0 bridgehead atoms. The zero-order chi connectivity index (χ0) is 12.8. The Kier molecular flexibility index (Phi) is 7.24. The molecule has 102 valence electrons. The minimum Gasteiger partial charge on any atom is -0.344 e. The standard InChI is InChI=1S/C14H22N2O.H3N/c1-5-16(6-2)10-13(17)15-14-11(3)8-7-9-12(14)4;/h7-9H,5-6,10H2,1-4H3,(H,15,17);1H3. The average molecular weight is 251 g/mol. The highest BCUT2D eigenvalue weighted by atomic mass is 16.2. The van der Waals surface area contributed by atoms with Crippen molar-refractivity contribution in [2.45, 2.75) is 27.7 Å². The third-order valence-electron chi connectivity index (χ3n) is 3.01. The Morgan fingerprint density at radius 3 is 2.11 bits per heavy atom. The average Bonchev–Trinajstić information content (AvgIpc) is 2.31. The molecule has 0 aliphatic heterocycles. The van der Waals surface area contributed by atoms with Crippen molar-refractivity contribution in [2.75, 3.05) is 25.0 Å². The van der Waals surface area contributed by atoms with Crippen molar-refractivity contribution in [2.24, 2.45) is 0 Å². The number of hydrogen-bond acceptors (Lipinski definition) is 3. The van der Waals surface area contributed by atoms with Gasteiger partial charge in [-0.2, -0.15) is 0 Å². The number of benzene rings is 1. The van der Waals surface area contributed by atoms with Crippen LogP contribution in [0, 0.1) is 13.8 Å². The molecule has 0 spiro atoms. The molecule has 0 saturated carbocycles. The zero-order valence-electron chi connectivity index (χ0n) is 11.9. The molecule has 0 aliphatic carbocycles. The summed E-state index contributed by atoms with van der Waals surface area (Å²) in [6.45, 7) is 10.4. The van der Waals surface area contributed by atoms with E-state index in [-0.39, 0.29) is 12.1 Å². The van der Waals surface area contributed by atoms with E-state index in [1.807, 2.05) is 32.0 Å². The van der Waals surface area contributed by atoms with Crippen molar-refractivity contribution in [3.63, 3.8) is 0 Å². The minimum absolute atomic E-state index is 0. The second-order valence-corrected chi connectivity index (χ2v) is 4.28. The van der Waals surface area contributed by atoms with Gasteiger partial charge in [0.15, 0.2) is 0 Å². The Balaban J connectivity index is 0.00000289. The molecule has 0 aromatic heterocycles. The number of likely N-dealkylation sites (N-methyl/N-ethyl adjacent to an activating group) is 1. The minimum atomic E-state index is 0. The van der Waals surface area contributed by atoms with Gasteiger partial charge in [0.25, 0.3) is 0 Å². The molecule has 4 heteroatoms. The molecule has 1 amide bonds. The van der Waals surface area contributed by atoms with Gasteiger partial charge >= 0.3 is 0 Å². The summed E-state index contributed by atoms with van der Waals surface area (Å²) < 4.78 is 0. The van der Waals surface area contributed by atoms with Crippen molar-refractivity contribution >= 4 is 11.6 Å². The second kappa shape index (κ2) is 7.84. The maximum absolute atomic E-state index is 11.9. The predicted molar refractivity (Wildman–Crippen MR) is 77.4 cm³/mol. The van der Waals surface area contributed by atoms with Crippen LogP contribution in [0.3, 0.4) is 0 Å². The molecule has 0 heterocycles. The Hall–Kier alpha value is -1.39. The van der Waals surface area contributed by atoms with Crippen LogP contribution in [0.15, 0.2) is 18.2 Å². The molecule has 1 aromatic rings. The molecule has 0 fully saturated rings. The first-order valence-corrected chi connectivity index (χ1v) is 6.16. The van der Waals surface area contributed by atoms with Gasteiger partial charge < -0.3 is 11.5 Å². The molecule has 1 rings (SSSR count). The summed E-state index contributed by atoms with van der Waals surface area (Å²) in [6.07, 6.45) is 0. The van der Waals surface area contributed by atoms with Crippen LogP contribution in [0.25, 0.3) is 0 Å². The van der Waals surface area contributed by atoms with Crippen LogP contribution in [0.4, 0.5) is 5.69 Å². The summed E-state index contributed by atoms with van der Waals surface area (Å²) in [5.41, 5.74) is 3.17. The highest BCUT2D eigenvalue weighted by Crippen LogP contribution is 2.19. The lowest BCUT2D eigenvalue weighted by molar-refractivity contribution is -0.117. The van der Waals surface area contributed by atoms with E-state index in [0.717, 1.165) is 29.9 Å². The van der Waals surface area contributed by atoms with Gasteiger partial charge in [-0.05, 0) is 38.1 Å². The van der Waals surface area contributed by atoms with Crippen LogP contribution in [0.1, 0.15) is 25.0 Å². The largest absolute Gasteiger partial charge is 0.344 e. The topological polar surface area (TPSA) is 67.3 Å². The number of carbonyl (C=O) groups is 1. The van der Waals surface area contributed by atoms with Crippen LogP contribution in [0.2, 0.25) is 0 Å². The van der Waals surface area contributed by atoms with Crippen molar-refractivity contribution in [3.05, 3.63) is 29.3 Å². The van der Waals surface area contributed by atoms with Gasteiger partial charge in [0.05, 0.1) is 6.54 Å². The number of hydrogen-bond donors (Lipinski definition) is 2. The third-order valence-corrected chi connectivity index (χ3v) is 3.01. The lowest BCUT2D eigenvalue weighted by Crippen LogP contribution is -2.33. The van der Waals surface area contributed by atoms with Gasteiger partial charge in [-0.15, -0.1) is 0 Å². The molecular formula is C14H25N3O. The molecule has 18 heavy (non-hydrogen) atoms. The molecule has 4 N–H and O–H groups in total. The molecular weight excluding hydrogens is 226 g/mol. The molecule has 0 atom stereocenters. The Morgan fingerprint density at radius 1 is 1.17 bits per heavy atom. The van der Waals surface area contributed by atoms with Crippen LogP contribution in [0.5, 0.6) is 0 Å². The molecule has 0 unspecified atom stereocenters. The first-order valence-electron chi connectivity index (χ1n) is 6.16. The maximum Gasteiger partial charge on any atom is 0.238 e. The van der Waals surface area contributed by atoms with E-state index >= 15 is 0 Å². The van der Waals surface area contributed by atoms with E-state index in [2.05, 4.69) is 24.1 Å². The first kappa shape index (κ1) is 16.6. The molecule has 0 aliphatic rings. The molecule has 0 radical (unpaired) electrons. The van der Waals surface area contributed by atoms with Crippen LogP contribution >= 0.6 is 0 Å². The van der Waals surface area contributed by atoms with Crippen LogP contribution in [-0.4, -0.2) is 30.4 Å². The fourth-order valence-electron chi connectivity index (χ4n) is 1.84. The zero-order valence-corrected chi connectivity index (χ0v) is 11.9. The van der Waals surface area contributed by atoms with Gasteiger partial charge in [0.2, 0.25) is 5.91 Å². The Morgan fingerprint density at radius 2 is 1.67 bits per heavy atom. The Bertz CT molecular complexity index is 366. The predicted octanol–water partition coefficient (Wildman–Crippen LogP) is 2.75. The SMILES string of the molecule is CCN(CC)CC(=O)Nc1c(C)cccc1C.N. The van der Waals surface area contributed by atoms with Crippen molar-refractivity contribution in [3.8, 4) is 0 Å². The lowest BCUT2D eigenvalue weighted by Gasteiger charge is -2.18. The highest BCUT2D eigenvalue weighted by Gasteiger charge is 2.09. The van der Waals surface area contributed by atoms with Crippen molar-refractivity contribution < 1.29 is 4.79 Å². The summed E-state index contributed by atoms with van der Waals surface area (Å²) in [4.78, 5) is 14.0. The molecule has 0 saturated heterocycles. The van der Waals surface area contributed by atoms with Gasteiger partial charge in [0, 0.05) is 5.69 Å². The smallest absolute Gasteiger partial charge is 0.238 e. The summed E-state index contributed by atoms with van der Waals surface area (Å²) >= 11 is 0. The Labute approximate surface area is 110 Å². The van der Waals surface area contributed by atoms with Gasteiger partial charge in [0.1, 0.15) is 0 Å².